The van der Waals surface area contributed by atoms with Crippen LogP contribution in [0.5, 0.6) is 0 Å². The first kappa shape index (κ1) is 12.4. The summed E-state index contributed by atoms with van der Waals surface area (Å²) in [5, 5.41) is 1.04. The molecule has 3 aromatic rings. The van der Waals surface area contributed by atoms with Gasteiger partial charge in [-0.3, -0.25) is 0 Å². The molecule has 0 amide bonds. The number of hydrogen-bond acceptors (Lipinski definition) is 4. The molecule has 0 fully saturated rings. The smallest absolute Gasteiger partial charge is 0.126 e. The van der Waals surface area contributed by atoms with Crippen LogP contribution in [0.2, 0.25) is 0 Å². The Bertz CT molecular complexity index is 671. The summed E-state index contributed by atoms with van der Waals surface area (Å²) >= 11 is 3.21. The quantitative estimate of drug-likeness (QED) is 0.577. The fourth-order valence-electron chi connectivity index (χ4n) is 1.79. The van der Waals surface area contributed by atoms with Gasteiger partial charge in [0.1, 0.15) is 10.8 Å². The molecule has 0 unspecified atom stereocenters. The first-order valence-corrected chi connectivity index (χ1v) is 7.54. The first-order chi connectivity index (χ1) is 9.20. The van der Waals surface area contributed by atoms with E-state index in [1.54, 1.807) is 29.2 Å². The number of rotatable bonds is 3. The van der Waals surface area contributed by atoms with Gasteiger partial charge in [0.2, 0.25) is 0 Å². The molecule has 19 heavy (non-hydrogen) atoms. The average Bonchev–Trinajstić information content (AvgIpc) is 2.78. The summed E-state index contributed by atoms with van der Waals surface area (Å²) in [6.07, 6.45) is 0. The van der Waals surface area contributed by atoms with Crippen molar-refractivity contribution in [3.8, 4) is 0 Å². The van der Waals surface area contributed by atoms with Gasteiger partial charge in [-0.25, -0.2) is 9.37 Å². The van der Waals surface area contributed by atoms with Gasteiger partial charge in [-0.1, -0.05) is 12.1 Å². The lowest BCUT2D eigenvalue weighted by Crippen LogP contribution is -1.87. The summed E-state index contributed by atoms with van der Waals surface area (Å²) < 4.78 is 14.4. The molecule has 0 atom stereocenters. The first-order valence-electron chi connectivity index (χ1n) is 5.74. The highest BCUT2D eigenvalue weighted by molar-refractivity contribution is 7.98. The molecule has 0 aliphatic carbocycles. The van der Waals surface area contributed by atoms with Crippen molar-refractivity contribution in [2.75, 3.05) is 5.73 Å². The van der Waals surface area contributed by atoms with Gasteiger partial charge in [0, 0.05) is 10.6 Å². The minimum absolute atomic E-state index is 0.299. The van der Waals surface area contributed by atoms with Crippen LogP contribution in [0.3, 0.4) is 0 Å². The number of hydrogen-bond donors (Lipinski definition) is 1. The van der Waals surface area contributed by atoms with Crippen LogP contribution >= 0.6 is 23.1 Å². The van der Waals surface area contributed by atoms with Crippen LogP contribution in [-0.2, 0) is 5.75 Å². The second-order valence-electron chi connectivity index (χ2n) is 4.08. The van der Waals surface area contributed by atoms with Crippen LogP contribution < -0.4 is 5.73 Å². The molecule has 96 valence electrons. The molecule has 2 aromatic carbocycles. The van der Waals surface area contributed by atoms with Crippen molar-refractivity contribution in [3.63, 3.8) is 0 Å². The third-order valence-corrected chi connectivity index (χ3v) is 4.80. The van der Waals surface area contributed by atoms with Crippen molar-refractivity contribution in [1.29, 1.82) is 0 Å². The molecule has 0 saturated heterocycles. The Balaban J connectivity index is 1.78. The lowest BCUT2D eigenvalue weighted by Gasteiger charge is -2.01. The Hall–Kier alpha value is -1.59. The molecule has 0 aliphatic heterocycles. The highest BCUT2D eigenvalue weighted by atomic mass is 32.2. The summed E-state index contributed by atoms with van der Waals surface area (Å²) in [4.78, 5) is 5.38. The van der Waals surface area contributed by atoms with Gasteiger partial charge < -0.3 is 5.73 Å². The molecule has 1 aromatic heterocycles. The molecule has 2 N–H and O–H groups in total. The minimum atomic E-state index is -0.299. The molecule has 0 aliphatic rings. The third-order valence-electron chi connectivity index (χ3n) is 2.59. The number of nitrogens with zero attached hydrogens (tertiary/aromatic N) is 1. The number of benzene rings is 2. The average molecular weight is 290 g/mol. The van der Waals surface area contributed by atoms with E-state index >= 15 is 0 Å². The van der Waals surface area contributed by atoms with E-state index in [0.29, 0.717) is 5.69 Å². The predicted molar refractivity (Wildman–Crippen MR) is 80.0 cm³/mol. The number of thiazole rings is 1. The van der Waals surface area contributed by atoms with Crippen LogP contribution in [0, 0.1) is 5.82 Å². The summed E-state index contributed by atoms with van der Waals surface area (Å²) in [7, 11) is 0. The SMILES string of the molecule is Nc1cc(F)cc(SCc2nc3ccccc3s2)c1. The molecule has 1 heterocycles. The standard InChI is InChI=1S/C14H11FN2S2/c15-9-5-10(16)7-11(6-9)18-8-14-17-12-3-1-2-4-13(12)19-14/h1-7H,8,16H2. The highest BCUT2D eigenvalue weighted by Crippen LogP contribution is 2.29. The van der Waals surface area contributed by atoms with Gasteiger partial charge in [0.25, 0.3) is 0 Å². The second-order valence-corrected chi connectivity index (χ2v) is 6.25. The number of aromatic nitrogens is 1. The van der Waals surface area contributed by atoms with Crippen LogP contribution in [0.4, 0.5) is 10.1 Å². The molecule has 5 heteroatoms. The van der Waals surface area contributed by atoms with Crippen molar-refractivity contribution < 1.29 is 4.39 Å². The van der Waals surface area contributed by atoms with Crippen molar-refractivity contribution in [2.24, 2.45) is 0 Å². The molecular formula is C14H11FN2S2. The lowest BCUT2D eigenvalue weighted by molar-refractivity contribution is 0.625. The molecule has 0 bridgehead atoms. The van der Waals surface area contributed by atoms with E-state index in [0.717, 1.165) is 21.2 Å². The minimum Gasteiger partial charge on any atom is -0.399 e. The van der Waals surface area contributed by atoms with Crippen LogP contribution in [0.15, 0.2) is 47.4 Å². The molecule has 0 spiro atoms. The fourth-order valence-corrected chi connectivity index (χ4v) is 3.74. The maximum Gasteiger partial charge on any atom is 0.126 e. The Morgan fingerprint density at radius 3 is 2.84 bits per heavy atom. The van der Waals surface area contributed by atoms with E-state index in [-0.39, 0.29) is 5.82 Å². The van der Waals surface area contributed by atoms with Gasteiger partial charge in [-0.05, 0) is 30.3 Å². The topological polar surface area (TPSA) is 38.9 Å². The number of halogens is 1. The monoisotopic (exact) mass is 290 g/mol. The third kappa shape index (κ3) is 2.88. The van der Waals surface area contributed by atoms with Crippen molar-refractivity contribution >= 4 is 39.0 Å². The fraction of sp³-hybridized carbons (Fsp3) is 0.0714. The second kappa shape index (κ2) is 5.19. The maximum absolute atomic E-state index is 13.2. The van der Waals surface area contributed by atoms with Gasteiger partial charge in [0.05, 0.1) is 16.0 Å². The molecular weight excluding hydrogens is 279 g/mol. The largest absolute Gasteiger partial charge is 0.399 e. The molecule has 0 saturated carbocycles. The van der Waals surface area contributed by atoms with Crippen LogP contribution in [0.1, 0.15) is 5.01 Å². The van der Waals surface area contributed by atoms with E-state index in [9.17, 15) is 4.39 Å². The number of anilines is 1. The number of nitrogens with two attached hydrogens (primary N) is 1. The Morgan fingerprint density at radius 1 is 1.21 bits per heavy atom. The van der Waals surface area contributed by atoms with Gasteiger partial charge in [-0.2, -0.15) is 0 Å². The normalized spacial score (nSPS) is 11.0. The zero-order valence-electron chi connectivity index (χ0n) is 9.97. The van der Waals surface area contributed by atoms with E-state index in [1.165, 1.54) is 16.8 Å². The Kier molecular flexibility index (Phi) is 3.40. The van der Waals surface area contributed by atoms with Crippen LogP contribution in [0.25, 0.3) is 10.2 Å². The van der Waals surface area contributed by atoms with Crippen molar-refractivity contribution in [3.05, 3.63) is 53.3 Å². The number of para-hydroxylation sites is 1. The van der Waals surface area contributed by atoms with Gasteiger partial charge in [0.15, 0.2) is 0 Å². The van der Waals surface area contributed by atoms with Crippen LogP contribution in [-0.4, -0.2) is 4.98 Å². The van der Waals surface area contributed by atoms with E-state index in [1.807, 2.05) is 18.2 Å². The van der Waals surface area contributed by atoms with Gasteiger partial charge >= 0.3 is 0 Å². The summed E-state index contributed by atoms with van der Waals surface area (Å²) in [6, 6.07) is 12.6. The lowest BCUT2D eigenvalue weighted by atomic mass is 10.3. The predicted octanol–water partition coefficient (Wildman–Crippen LogP) is 4.31. The highest BCUT2D eigenvalue weighted by Gasteiger charge is 2.05. The van der Waals surface area contributed by atoms with Crippen molar-refractivity contribution in [1.82, 2.24) is 4.98 Å². The Labute approximate surface area is 118 Å². The number of nitrogen functional groups attached to an aromatic ring is 1. The number of thioether (sulfide) groups is 1. The van der Waals surface area contributed by atoms with E-state index < -0.39 is 0 Å². The number of fused-ring (bicyclic) bond motifs is 1. The molecule has 2 nitrogen and oxygen atoms in total. The zero-order chi connectivity index (χ0) is 13.2. The maximum atomic E-state index is 13.2. The summed E-state index contributed by atoms with van der Waals surface area (Å²) in [5.41, 5.74) is 7.09. The Morgan fingerprint density at radius 2 is 2.05 bits per heavy atom. The summed E-state index contributed by atoms with van der Waals surface area (Å²) in [5.74, 6) is 0.425. The summed E-state index contributed by atoms with van der Waals surface area (Å²) in [6.45, 7) is 0. The van der Waals surface area contributed by atoms with E-state index in [4.69, 9.17) is 5.73 Å². The molecule has 0 radical (unpaired) electrons. The molecule has 3 rings (SSSR count). The van der Waals surface area contributed by atoms with Crippen molar-refractivity contribution in [2.45, 2.75) is 10.6 Å². The zero-order valence-corrected chi connectivity index (χ0v) is 11.6. The van der Waals surface area contributed by atoms with Gasteiger partial charge in [-0.15, -0.1) is 23.1 Å². The van der Waals surface area contributed by atoms with E-state index in [2.05, 4.69) is 11.1 Å².